The highest BCUT2D eigenvalue weighted by atomic mass is 16.3. The molecular formula is C62H41NO. The summed E-state index contributed by atoms with van der Waals surface area (Å²) < 4.78 is 7.21. The minimum Gasteiger partial charge on any atom is -0.455 e. The van der Waals surface area contributed by atoms with Crippen LogP contribution in [0.3, 0.4) is 0 Å². The Kier molecular flexibility index (Phi) is 7.13. The molecule has 0 unspecified atom stereocenters. The van der Waals surface area contributed by atoms with Crippen LogP contribution in [0.15, 0.2) is 217 Å². The maximum absolute atomic E-state index is 7.21. The third kappa shape index (κ3) is 4.54. The molecule has 300 valence electrons. The summed E-state index contributed by atoms with van der Waals surface area (Å²) in [6.07, 6.45) is 0. The SMILES string of the molecule is CC1(C)c2ccccc2-c2ccc(N(c3ccc4c(c3)C3(c5ccccc5-c5ccccc53)c3ccccc3-4)c3ccc(-c4ccccc4)c4oc5c6ccccc6ccc5c34)cc21. The van der Waals surface area contributed by atoms with E-state index in [1.165, 1.54) is 66.8 Å². The molecule has 11 aromatic rings. The fourth-order valence-electron chi connectivity index (χ4n) is 12.1. The first kappa shape index (κ1) is 35.6. The minimum atomic E-state index is -0.476. The predicted molar refractivity (Wildman–Crippen MR) is 265 cm³/mol. The van der Waals surface area contributed by atoms with E-state index in [0.717, 1.165) is 60.9 Å². The Hall–Kier alpha value is -7.94. The maximum Gasteiger partial charge on any atom is 0.145 e. The van der Waals surface area contributed by atoms with Gasteiger partial charge in [-0.25, -0.2) is 0 Å². The van der Waals surface area contributed by atoms with Gasteiger partial charge >= 0.3 is 0 Å². The molecule has 1 heterocycles. The molecule has 0 saturated heterocycles. The van der Waals surface area contributed by atoms with E-state index in [-0.39, 0.29) is 5.41 Å². The first-order valence-electron chi connectivity index (χ1n) is 22.4. The molecule has 0 fully saturated rings. The molecule has 10 aromatic carbocycles. The predicted octanol–water partition coefficient (Wildman–Crippen LogP) is 16.5. The van der Waals surface area contributed by atoms with Crippen LogP contribution in [0.4, 0.5) is 17.1 Å². The van der Waals surface area contributed by atoms with Crippen molar-refractivity contribution in [1.82, 2.24) is 0 Å². The van der Waals surface area contributed by atoms with Crippen molar-refractivity contribution < 1.29 is 4.42 Å². The van der Waals surface area contributed by atoms with Gasteiger partial charge in [-0.05, 0) is 120 Å². The number of nitrogens with zero attached hydrogens (tertiary/aromatic N) is 1. The average Bonchev–Trinajstić information content (AvgIpc) is 4.05. The van der Waals surface area contributed by atoms with Gasteiger partial charge in [0.05, 0.1) is 16.5 Å². The lowest BCUT2D eigenvalue weighted by Gasteiger charge is -2.33. The molecule has 14 rings (SSSR count). The van der Waals surface area contributed by atoms with Crippen LogP contribution in [0.5, 0.6) is 0 Å². The van der Waals surface area contributed by atoms with Crippen LogP contribution in [-0.2, 0) is 10.8 Å². The molecule has 2 nitrogen and oxygen atoms in total. The Morgan fingerprint density at radius 1 is 0.359 bits per heavy atom. The number of hydrogen-bond donors (Lipinski definition) is 0. The fraction of sp³-hybridized carbons (Fsp3) is 0.0645. The lowest BCUT2D eigenvalue weighted by atomic mass is 9.70. The summed E-state index contributed by atoms with van der Waals surface area (Å²) in [5, 5.41) is 4.47. The topological polar surface area (TPSA) is 16.4 Å². The zero-order chi connectivity index (χ0) is 42.3. The van der Waals surface area contributed by atoms with Crippen molar-refractivity contribution in [3.63, 3.8) is 0 Å². The van der Waals surface area contributed by atoms with Gasteiger partial charge in [0.1, 0.15) is 11.2 Å². The highest BCUT2D eigenvalue weighted by Crippen LogP contribution is 2.63. The molecule has 0 saturated carbocycles. The van der Waals surface area contributed by atoms with Crippen molar-refractivity contribution in [3.05, 3.63) is 246 Å². The maximum atomic E-state index is 7.21. The molecule has 1 aromatic heterocycles. The Labute approximate surface area is 372 Å². The Morgan fingerprint density at radius 2 is 0.859 bits per heavy atom. The summed E-state index contributed by atoms with van der Waals surface area (Å²) in [7, 11) is 0. The molecule has 0 aliphatic heterocycles. The molecule has 0 N–H and O–H groups in total. The lowest BCUT2D eigenvalue weighted by Crippen LogP contribution is -2.26. The summed E-state index contributed by atoms with van der Waals surface area (Å²) in [6, 6.07) is 78.9. The van der Waals surface area contributed by atoms with Gasteiger partial charge in [0, 0.05) is 33.1 Å². The van der Waals surface area contributed by atoms with Crippen LogP contribution >= 0.6 is 0 Å². The van der Waals surface area contributed by atoms with Crippen molar-refractivity contribution >= 4 is 49.8 Å². The van der Waals surface area contributed by atoms with Crippen molar-refractivity contribution in [2.24, 2.45) is 0 Å². The number of benzene rings is 10. The summed E-state index contributed by atoms with van der Waals surface area (Å²) in [4.78, 5) is 2.52. The van der Waals surface area contributed by atoms with Crippen LogP contribution in [0.25, 0.3) is 77.2 Å². The van der Waals surface area contributed by atoms with Gasteiger partial charge in [0.2, 0.25) is 0 Å². The largest absolute Gasteiger partial charge is 0.455 e. The van der Waals surface area contributed by atoms with E-state index in [1.807, 2.05) is 0 Å². The summed E-state index contributed by atoms with van der Waals surface area (Å²) >= 11 is 0. The van der Waals surface area contributed by atoms with Crippen LogP contribution in [0.2, 0.25) is 0 Å². The Morgan fingerprint density at radius 3 is 1.52 bits per heavy atom. The van der Waals surface area contributed by atoms with E-state index >= 15 is 0 Å². The molecule has 3 aliphatic rings. The van der Waals surface area contributed by atoms with E-state index in [4.69, 9.17) is 4.42 Å². The van der Waals surface area contributed by atoms with Gasteiger partial charge in [-0.1, -0.05) is 184 Å². The lowest BCUT2D eigenvalue weighted by molar-refractivity contribution is 0.660. The van der Waals surface area contributed by atoms with Crippen LogP contribution in [-0.4, -0.2) is 0 Å². The molecule has 3 aliphatic carbocycles. The Bertz CT molecular complexity index is 3710. The first-order valence-corrected chi connectivity index (χ1v) is 22.4. The van der Waals surface area contributed by atoms with E-state index in [2.05, 4.69) is 231 Å². The first-order chi connectivity index (χ1) is 31.5. The summed E-state index contributed by atoms with van der Waals surface area (Å²) in [5.41, 5.74) is 22.5. The highest BCUT2D eigenvalue weighted by molar-refractivity contribution is 6.22. The zero-order valence-electron chi connectivity index (χ0n) is 35.6. The number of anilines is 3. The van der Waals surface area contributed by atoms with Gasteiger partial charge < -0.3 is 9.32 Å². The van der Waals surface area contributed by atoms with Crippen LogP contribution < -0.4 is 4.90 Å². The van der Waals surface area contributed by atoms with Crippen molar-refractivity contribution in [2.75, 3.05) is 4.90 Å². The molecule has 0 bridgehead atoms. The van der Waals surface area contributed by atoms with Gasteiger partial charge in [-0.2, -0.15) is 0 Å². The van der Waals surface area contributed by atoms with Crippen molar-refractivity contribution in [1.29, 1.82) is 0 Å². The molecular weight excluding hydrogens is 775 g/mol. The number of furan rings is 1. The van der Waals surface area contributed by atoms with Crippen LogP contribution in [0.1, 0.15) is 47.2 Å². The van der Waals surface area contributed by atoms with Crippen molar-refractivity contribution in [2.45, 2.75) is 24.7 Å². The van der Waals surface area contributed by atoms with E-state index in [1.54, 1.807) is 0 Å². The second-order valence-corrected chi connectivity index (χ2v) is 18.3. The van der Waals surface area contributed by atoms with E-state index < -0.39 is 5.41 Å². The molecule has 0 radical (unpaired) electrons. The normalized spacial score (nSPS) is 14.3. The highest BCUT2D eigenvalue weighted by Gasteiger charge is 2.51. The number of hydrogen-bond acceptors (Lipinski definition) is 2. The molecule has 0 atom stereocenters. The van der Waals surface area contributed by atoms with Crippen molar-refractivity contribution in [3.8, 4) is 44.5 Å². The molecule has 2 heteroatoms. The van der Waals surface area contributed by atoms with Gasteiger partial charge in [-0.15, -0.1) is 0 Å². The zero-order valence-corrected chi connectivity index (χ0v) is 35.6. The number of fused-ring (bicyclic) bond motifs is 18. The molecule has 64 heavy (non-hydrogen) atoms. The minimum absolute atomic E-state index is 0.178. The second kappa shape index (κ2) is 12.8. The smallest absolute Gasteiger partial charge is 0.145 e. The number of rotatable bonds is 4. The van der Waals surface area contributed by atoms with Gasteiger partial charge in [0.25, 0.3) is 0 Å². The third-order valence-electron chi connectivity index (χ3n) is 14.9. The monoisotopic (exact) mass is 815 g/mol. The van der Waals surface area contributed by atoms with E-state index in [9.17, 15) is 0 Å². The average molecular weight is 816 g/mol. The van der Waals surface area contributed by atoms with Crippen LogP contribution in [0, 0.1) is 0 Å². The molecule has 1 spiro atoms. The van der Waals surface area contributed by atoms with E-state index in [0.29, 0.717) is 0 Å². The fourth-order valence-corrected chi connectivity index (χ4v) is 12.1. The second-order valence-electron chi connectivity index (χ2n) is 18.3. The van der Waals surface area contributed by atoms with Gasteiger partial charge in [-0.3, -0.25) is 0 Å². The quantitative estimate of drug-likeness (QED) is 0.176. The summed E-state index contributed by atoms with van der Waals surface area (Å²) in [5.74, 6) is 0. The molecule has 0 amide bonds. The summed E-state index contributed by atoms with van der Waals surface area (Å²) in [6.45, 7) is 4.75. The third-order valence-corrected chi connectivity index (χ3v) is 14.9. The standard InChI is InChI=1S/C62H41NO/c1-61(2)51-24-12-8-20-44(51)48-32-29-40(36-55(48)61)63(57-35-34-43(38-16-4-3-5-17-38)60-58(57)50-31-28-39-18-6-7-19-42(39)59(50)64-60)41-30-33-49-47-23-11-15-27-54(47)62(56(49)37-41)52-25-13-9-21-45(52)46-22-10-14-26-53(46)62/h3-37H,1-2H3. The Balaban J connectivity index is 1.09. The van der Waals surface area contributed by atoms with Gasteiger partial charge in [0.15, 0.2) is 0 Å².